The number of rotatable bonds is 4. The topological polar surface area (TPSA) is 46.4 Å². The van der Waals surface area contributed by atoms with Gasteiger partial charge >= 0.3 is 0 Å². The summed E-state index contributed by atoms with van der Waals surface area (Å²) in [5, 5.41) is 11.3. The minimum atomic E-state index is -0.367. The van der Waals surface area contributed by atoms with Crippen LogP contribution in [0.1, 0.15) is 0 Å². The molecular weight excluding hydrogens is 252 g/mol. The van der Waals surface area contributed by atoms with Gasteiger partial charge < -0.3 is 0 Å². The van der Waals surface area contributed by atoms with Gasteiger partial charge in [0.15, 0.2) is 0 Å². The van der Waals surface area contributed by atoms with E-state index in [2.05, 4.69) is 0 Å². The zero-order chi connectivity index (χ0) is 13.0. The summed E-state index contributed by atoms with van der Waals surface area (Å²) in [7, 11) is 0. The molecule has 0 aliphatic heterocycles. The van der Waals surface area contributed by atoms with Crippen LogP contribution in [0.2, 0.25) is 5.02 Å². The summed E-state index contributed by atoms with van der Waals surface area (Å²) >= 11 is 5.92. The molecule has 0 spiro atoms. The highest BCUT2D eigenvalue weighted by Crippen LogP contribution is 2.26. The van der Waals surface area contributed by atoms with Gasteiger partial charge in [-0.2, -0.15) is 0 Å². The van der Waals surface area contributed by atoms with Crippen molar-refractivity contribution in [3.05, 3.63) is 69.7 Å². The van der Waals surface area contributed by atoms with E-state index in [9.17, 15) is 10.1 Å². The number of para-hydroxylation sites is 1. The molecule has 0 amide bonds. The van der Waals surface area contributed by atoms with Crippen molar-refractivity contribution < 1.29 is 4.92 Å². The fraction of sp³-hybridized carbons (Fsp3) is 0.0769. The molecule has 4 nitrogen and oxygen atoms in total. The summed E-state index contributed by atoms with van der Waals surface area (Å²) in [5.41, 5.74) is 1.46. The molecule has 0 aromatic heterocycles. The van der Waals surface area contributed by atoms with E-state index in [0.29, 0.717) is 10.7 Å². The largest absolute Gasteiger partial charge is 0.282 e. The first-order valence-electron chi connectivity index (χ1n) is 5.37. The lowest BCUT2D eigenvalue weighted by Gasteiger charge is -2.20. The van der Waals surface area contributed by atoms with Crippen LogP contribution in [0.4, 0.5) is 11.4 Å². The molecule has 0 saturated heterocycles. The van der Waals surface area contributed by atoms with Gasteiger partial charge in [0.1, 0.15) is 0 Å². The second kappa shape index (κ2) is 5.51. The molecule has 2 aromatic carbocycles. The maximum absolute atomic E-state index is 10.8. The van der Waals surface area contributed by atoms with Crippen molar-refractivity contribution in [2.75, 3.05) is 11.6 Å². The van der Waals surface area contributed by atoms with E-state index in [0.717, 1.165) is 5.69 Å². The first kappa shape index (κ1) is 12.4. The monoisotopic (exact) mass is 262 g/mol. The Bertz CT molecular complexity index is 546. The second-order valence-corrected chi connectivity index (χ2v) is 4.15. The Labute approximate surface area is 110 Å². The van der Waals surface area contributed by atoms with Crippen molar-refractivity contribution in [2.24, 2.45) is 0 Å². The van der Waals surface area contributed by atoms with E-state index in [1.165, 1.54) is 0 Å². The van der Waals surface area contributed by atoms with Crippen LogP contribution in [0, 0.1) is 10.1 Å². The molecule has 0 saturated carbocycles. The number of halogens is 1. The van der Waals surface area contributed by atoms with Crippen molar-refractivity contribution in [3.63, 3.8) is 0 Å². The van der Waals surface area contributed by atoms with Crippen molar-refractivity contribution in [2.45, 2.75) is 0 Å². The maximum atomic E-state index is 10.8. The number of nitrogens with zero attached hydrogens (tertiary/aromatic N) is 2. The van der Waals surface area contributed by atoms with Gasteiger partial charge in [-0.15, -0.1) is 0 Å². The van der Waals surface area contributed by atoms with Gasteiger partial charge in [-0.1, -0.05) is 35.9 Å². The van der Waals surface area contributed by atoms with Crippen molar-refractivity contribution >= 4 is 23.0 Å². The third kappa shape index (κ3) is 2.99. The lowest BCUT2D eigenvalue weighted by Crippen LogP contribution is -2.24. The molecule has 0 radical (unpaired) electrons. The number of hydrogen-bond donors (Lipinski definition) is 0. The molecule has 5 heteroatoms. The third-order valence-electron chi connectivity index (χ3n) is 2.44. The molecule has 0 bridgehead atoms. The second-order valence-electron chi connectivity index (χ2n) is 3.72. The molecule has 0 N–H and O–H groups in total. The van der Waals surface area contributed by atoms with Gasteiger partial charge in [-0.25, -0.2) is 0 Å². The molecule has 0 aliphatic rings. The Morgan fingerprint density at radius 2 is 1.72 bits per heavy atom. The number of hydrogen-bond acceptors (Lipinski definition) is 3. The molecule has 0 unspecified atom stereocenters. The molecule has 0 heterocycles. The number of nitro groups is 1. The van der Waals surface area contributed by atoms with Crippen LogP contribution in [0.5, 0.6) is 0 Å². The van der Waals surface area contributed by atoms with Crippen LogP contribution < -0.4 is 4.90 Å². The zero-order valence-corrected chi connectivity index (χ0v) is 10.2. The molecular formula is C13H11ClN2O2. The molecule has 0 atom stereocenters. The van der Waals surface area contributed by atoms with Crippen LogP contribution in [0.3, 0.4) is 0 Å². The van der Waals surface area contributed by atoms with Crippen LogP contribution in [0.25, 0.3) is 0 Å². The Balaban J connectivity index is 2.40. The highest BCUT2D eigenvalue weighted by Gasteiger charge is 2.14. The van der Waals surface area contributed by atoms with Gasteiger partial charge in [0.05, 0.1) is 0 Å². The predicted molar refractivity (Wildman–Crippen MR) is 71.9 cm³/mol. The van der Waals surface area contributed by atoms with Crippen molar-refractivity contribution in [3.8, 4) is 0 Å². The van der Waals surface area contributed by atoms with Gasteiger partial charge in [0.2, 0.25) is 0 Å². The Morgan fingerprint density at radius 1 is 1.06 bits per heavy atom. The minimum absolute atomic E-state index is 0.301. The van der Waals surface area contributed by atoms with E-state index < -0.39 is 0 Å². The average molecular weight is 263 g/mol. The van der Waals surface area contributed by atoms with Crippen molar-refractivity contribution in [1.29, 1.82) is 0 Å². The van der Waals surface area contributed by atoms with Gasteiger partial charge in [0.25, 0.3) is 6.67 Å². The van der Waals surface area contributed by atoms with E-state index in [1.54, 1.807) is 29.2 Å². The molecule has 2 rings (SSSR count). The fourth-order valence-electron chi connectivity index (χ4n) is 1.68. The quantitative estimate of drug-likeness (QED) is 0.479. The molecule has 2 aromatic rings. The van der Waals surface area contributed by atoms with Crippen molar-refractivity contribution in [1.82, 2.24) is 0 Å². The Morgan fingerprint density at radius 3 is 2.33 bits per heavy atom. The standard InChI is InChI=1S/C13H11ClN2O2/c14-11-5-4-8-13(9-11)15(10-16(17)18)12-6-2-1-3-7-12/h1-9H,10H2. The van der Waals surface area contributed by atoms with Crippen LogP contribution in [-0.2, 0) is 0 Å². The lowest BCUT2D eigenvalue weighted by molar-refractivity contribution is -0.477. The number of benzene rings is 2. The highest BCUT2D eigenvalue weighted by atomic mass is 35.5. The highest BCUT2D eigenvalue weighted by molar-refractivity contribution is 6.30. The van der Waals surface area contributed by atoms with Gasteiger partial charge in [-0.3, -0.25) is 15.0 Å². The molecule has 0 fully saturated rings. The fourth-order valence-corrected chi connectivity index (χ4v) is 1.86. The normalized spacial score (nSPS) is 10.1. The third-order valence-corrected chi connectivity index (χ3v) is 2.68. The molecule has 0 aliphatic carbocycles. The Kier molecular flexibility index (Phi) is 3.79. The van der Waals surface area contributed by atoms with Crippen LogP contribution in [-0.4, -0.2) is 11.6 Å². The van der Waals surface area contributed by atoms with E-state index in [-0.39, 0.29) is 11.6 Å². The van der Waals surface area contributed by atoms with E-state index >= 15 is 0 Å². The van der Waals surface area contributed by atoms with Gasteiger partial charge in [-0.05, 0) is 30.3 Å². The van der Waals surface area contributed by atoms with Crippen LogP contribution >= 0.6 is 11.6 Å². The summed E-state index contributed by atoms with van der Waals surface area (Å²) in [6.45, 7) is -0.301. The number of anilines is 2. The summed E-state index contributed by atoms with van der Waals surface area (Å²) in [4.78, 5) is 12.0. The summed E-state index contributed by atoms with van der Waals surface area (Å²) in [5.74, 6) is 0. The zero-order valence-electron chi connectivity index (χ0n) is 9.49. The lowest BCUT2D eigenvalue weighted by atomic mass is 10.2. The van der Waals surface area contributed by atoms with E-state index in [4.69, 9.17) is 11.6 Å². The first-order chi connectivity index (χ1) is 8.66. The molecule has 92 valence electrons. The summed E-state index contributed by atoms with van der Waals surface area (Å²) in [6.07, 6.45) is 0. The predicted octanol–water partition coefficient (Wildman–Crippen LogP) is 3.71. The Hall–Kier alpha value is -2.07. The summed E-state index contributed by atoms with van der Waals surface area (Å²) < 4.78 is 0. The summed E-state index contributed by atoms with van der Waals surface area (Å²) in [6, 6.07) is 16.2. The first-order valence-corrected chi connectivity index (χ1v) is 5.74. The smallest absolute Gasteiger partial charge is 0.282 e. The maximum Gasteiger partial charge on any atom is 0.282 e. The van der Waals surface area contributed by atoms with Crippen LogP contribution in [0.15, 0.2) is 54.6 Å². The van der Waals surface area contributed by atoms with E-state index in [1.807, 2.05) is 30.3 Å². The minimum Gasteiger partial charge on any atom is -0.282 e. The molecule has 18 heavy (non-hydrogen) atoms. The SMILES string of the molecule is O=[N+]([O-])CN(c1ccccc1)c1cccc(Cl)c1. The average Bonchev–Trinajstić information content (AvgIpc) is 2.37. The van der Waals surface area contributed by atoms with Gasteiger partial charge in [0, 0.05) is 21.3 Å².